The normalized spacial score (nSPS) is 12.2. The van der Waals surface area contributed by atoms with Gasteiger partial charge in [-0.05, 0) is 36.6 Å². The van der Waals surface area contributed by atoms with Crippen molar-refractivity contribution in [3.05, 3.63) is 29.8 Å². The molecule has 1 unspecified atom stereocenters. The Balaban J connectivity index is 2.46. The lowest BCUT2D eigenvalue weighted by molar-refractivity contribution is 0.0943. The van der Waals surface area contributed by atoms with Crippen LogP contribution in [0.3, 0.4) is 0 Å². The number of nitrogens with one attached hydrogen (secondary N) is 1. The lowest BCUT2D eigenvalue weighted by atomic mass is 10.0. The second-order valence-electron chi connectivity index (χ2n) is 4.04. The SMILES string of the molecule is CCC(CCO)CNC(=O)c1ccc(S)cc1. The molecule has 1 amide bonds. The quantitative estimate of drug-likeness (QED) is 0.680. The molecule has 94 valence electrons. The van der Waals surface area contributed by atoms with E-state index in [-0.39, 0.29) is 12.5 Å². The zero-order valence-corrected chi connectivity index (χ0v) is 10.9. The largest absolute Gasteiger partial charge is 0.396 e. The third-order valence-corrected chi connectivity index (χ3v) is 3.09. The van der Waals surface area contributed by atoms with Crippen molar-refractivity contribution in [2.45, 2.75) is 24.7 Å². The topological polar surface area (TPSA) is 49.3 Å². The number of carbonyl (C=O) groups is 1. The molecule has 0 saturated carbocycles. The van der Waals surface area contributed by atoms with Gasteiger partial charge in [0.15, 0.2) is 0 Å². The average Bonchev–Trinajstić information content (AvgIpc) is 2.35. The van der Waals surface area contributed by atoms with E-state index in [0.717, 1.165) is 17.7 Å². The molecule has 0 aliphatic carbocycles. The van der Waals surface area contributed by atoms with E-state index < -0.39 is 0 Å². The molecule has 1 aromatic rings. The van der Waals surface area contributed by atoms with Gasteiger partial charge in [0.25, 0.3) is 5.91 Å². The van der Waals surface area contributed by atoms with Crippen LogP contribution >= 0.6 is 12.6 Å². The summed E-state index contributed by atoms with van der Waals surface area (Å²) in [6, 6.07) is 7.10. The molecule has 4 heteroatoms. The third-order valence-electron chi connectivity index (χ3n) is 2.80. The van der Waals surface area contributed by atoms with Crippen molar-refractivity contribution < 1.29 is 9.90 Å². The molecular formula is C13H19NO2S. The van der Waals surface area contributed by atoms with E-state index in [0.29, 0.717) is 18.0 Å². The van der Waals surface area contributed by atoms with E-state index in [1.807, 2.05) is 0 Å². The van der Waals surface area contributed by atoms with Gasteiger partial charge in [0.05, 0.1) is 0 Å². The van der Waals surface area contributed by atoms with E-state index in [1.54, 1.807) is 24.3 Å². The molecule has 1 rings (SSSR count). The maximum absolute atomic E-state index is 11.8. The number of carbonyl (C=O) groups excluding carboxylic acids is 1. The predicted molar refractivity (Wildman–Crippen MR) is 71.5 cm³/mol. The Labute approximate surface area is 108 Å². The zero-order chi connectivity index (χ0) is 12.7. The number of aliphatic hydroxyl groups excluding tert-OH is 1. The molecule has 0 aromatic heterocycles. The molecule has 0 aliphatic heterocycles. The summed E-state index contributed by atoms with van der Waals surface area (Å²) < 4.78 is 0. The number of benzene rings is 1. The summed E-state index contributed by atoms with van der Waals surface area (Å²) in [5, 5.41) is 11.7. The second kappa shape index (κ2) is 7.35. The highest BCUT2D eigenvalue weighted by Crippen LogP contribution is 2.09. The highest BCUT2D eigenvalue weighted by Gasteiger charge is 2.09. The molecule has 0 bridgehead atoms. The molecule has 0 saturated heterocycles. The minimum absolute atomic E-state index is 0.0743. The van der Waals surface area contributed by atoms with Gasteiger partial charge in [-0.25, -0.2) is 0 Å². The summed E-state index contributed by atoms with van der Waals surface area (Å²) in [5.74, 6) is 0.267. The molecule has 1 atom stereocenters. The Bertz CT molecular complexity index is 351. The molecule has 0 aliphatic rings. The van der Waals surface area contributed by atoms with Crippen molar-refractivity contribution in [1.29, 1.82) is 0 Å². The van der Waals surface area contributed by atoms with Crippen LogP contribution in [-0.2, 0) is 0 Å². The highest BCUT2D eigenvalue weighted by molar-refractivity contribution is 7.80. The Hall–Kier alpha value is -1.00. The van der Waals surface area contributed by atoms with Crippen molar-refractivity contribution in [2.75, 3.05) is 13.2 Å². The molecule has 17 heavy (non-hydrogen) atoms. The van der Waals surface area contributed by atoms with Gasteiger partial charge < -0.3 is 10.4 Å². The smallest absolute Gasteiger partial charge is 0.251 e. The monoisotopic (exact) mass is 253 g/mol. The zero-order valence-electron chi connectivity index (χ0n) is 10.0. The molecule has 1 aromatic carbocycles. The Kier molecular flexibility index (Phi) is 6.08. The Morgan fingerprint density at radius 3 is 2.59 bits per heavy atom. The number of thiol groups is 1. The van der Waals surface area contributed by atoms with Crippen LogP contribution in [0.1, 0.15) is 30.1 Å². The van der Waals surface area contributed by atoms with Gasteiger partial charge in [0.1, 0.15) is 0 Å². The fourth-order valence-electron chi connectivity index (χ4n) is 1.59. The summed E-state index contributed by atoms with van der Waals surface area (Å²) in [6.45, 7) is 2.84. The first-order valence-corrected chi connectivity index (χ1v) is 6.30. The first-order chi connectivity index (χ1) is 8.17. The molecule has 0 spiro atoms. The first kappa shape index (κ1) is 14.1. The van der Waals surface area contributed by atoms with E-state index in [2.05, 4.69) is 24.9 Å². The van der Waals surface area contributed by atoms with E-state index in [9.17, 15) is 4.79 Å². The van der Waals surface area contributed by atoms with Crippen molar-refractivity contribution >= 4 is 18.5 Å². The third kappa shape index (κ3) is 4.79. The van der Waals surface area contributed by atoms with Gasteiger partial charge in [0, 0.05) is 23.6 Å². The summed E-state index contributed by atoms with van der Waals surface area (Å²) in [6.07, 6.45) is 1.68. The highest BCUT2D eigenvalue weighted by atomic mass is 32.1. The van der Waals surface area contributed by atoms with Crippen LogP contribution in [0.2, 0.25) is 0 Å². The molecular weight excluding hydrogens is 234 g/mol. The van der Waals surface area contributed by atoms with Gasteiger partial charge in [0.2, 0.25) is 0 Å². The number of hydrogen-bond donors (Lipinski definition) is 3. The Morgan fingerprint density at radius 1 is 1.41 bits per heavy atom. The fraction of sp³-hybridized carbons (Fsp3) is 0.462. The number of amides is 1. The molecule has 2 N–H and O–H groups in total. The van der Waals surface area contributed by atoms with E-state index >= 15 is 0 Å². The fourth-order valence-corrected chi connectivity index (χ4v) is 1.73. The van der Waals surface area contributed by atoms with Crippen LogP contribution in [0.4, 0.5) is 0 Å². The Morgan fingerprint density at radius 2 is 2.06 bits per heavy atom. The van der Waals surface area contributed by atoms with Crippen molar-refractivity contribution in [2.24, 2.45) is 5.92 Å². The van der Waals surface area contributed by atoms with Crippen molar-refractivity contribution in [3.63, 3.8) is 0 Å². The first-order valence-electron chi connectivity index (χ1n) is 5.85. The maximum Gasteiger partial charge on any atom is 0.251 e. The van der Waals surface area contributed by atoms with Crippen LogP contribution in [0.25, 0.3) is 0 Å². The van der Waals surface area contributed by atoms with Crippen LogP contribution in [-0.4, -0.2) is 24.2 Å². The van der Waals surface area contributed by atoms with Gasteiger partial charge in [-0.15, -0.1) is 12.6 Å². The van der Waals surface area contributed by atoms with Crippen LogP contribution in [0, 0.1) is 5.92 Å². The number of aliphatic hydroxyl groups is 1. The molecule has 3 nitrogen and oxygen atoms in total. The van der Waals surface area contributed by atoms with Gasteiger partial charge in [-0.3, -0.25) is 4.79 Å². The molecule has 0 radical (unpaired) electrons. The van der Waals surface area contributed by atoms with Gasteiger partial charge >= 0.3 is 0 Å². The minimum atomic E-state index is -0.0743. The van der Waals surface area contributed by atoms with Crippen molar-refractivity contribution in [3.8, 4) is 0 Å². The summed E-state index contributed by atoms with van der Waals surface area (Å²) in [4.78, 5) is 12.6. The predicted octanol–water partition coefficient (Wildman–Crippen LogP) is 2.11. The average molecular weight is 253 g/mol. The number of rotatable bonds is 6. The van der Waals surface area contributed by atoms with E-state index in [1.165, 1.54) is 0 Å². The van der Waals surface area contributed by atoms with Crippen LogP contribution < -0.4 is 5.32 Å². The summed E-state index contributed by atoms with van der Waals surface area (Å²) >= 11 is 4.17. The summed E-state index contributed by atoms with van der Waals surface area (Å²) in [7, 11) is 0. The van der Waals surface area contributed by atoms with Crippen LogP contribution in [0.15, 0.2) is 29.2 Å². The van der Waals surface area contributed by atoms with Gasteiger partial charge in [-0.2, -0.15) is 0 Å². The lowest BCUT2D eigenvalue weighted by Crippen LogP contribution is -2.29. The summed E-state index contributed by atoms with van der Waals surface area (Å²) in [5.41, 5.74) is 0.640. The second-order valence-corrected chi connectivity index (χ2v) is 4.56. The lowest BCUT2D eigenvalue weighted by Gasteiger charge is -2.14. The minimum Gasteiger partial charge on any atom is -0.396 e. The molecule has 0 heterocycles. The number of hydrogen-bond acceptors (Lipinski definition) is 3. The van der Waals surface area contributed by atoms with Gasteiger partial charge in [-0.1, -0.05) is 13.3 Å². The standard InChI is InChI=1S/C13H19NO2S/c1-2-10(7-8-15)9-14-13(16)11-3-5-12(17)6-4-11/h3-6,10,15,17H,2,7-9H2,1H3,(H,14,16). The molecule has 0 fully saturated rings. The van der Waals surface area contributed by atoms with Crippen molar-refractivity contribution in [1.82, 2.24) is 5.32 Å². The van der Waals surface area contributed by atoms with Crippen LogP contribution in [0.5, 0.6) is 0 Å². The van der Waals surface area contributed by atoms with E-state index in [4.69, 9.17) is 5.11 Å². The maximum atomic E-state index is 11.8.